The van der Waals surface area contributed by atoms with Gasteiger partial charge in [0.25, 0.3) is 0 Å². The number of thiophene rings is 1. The van der Waals surface area contributed by atoms with Gasteiger partial charge in [-0.05, 0) is 57.3 Å². The molecule has 1 aromatic heterocycles. The Balaban J connectivity index is 1.48. The predicted molar refractivity (Wildman–Crippen MR) is 123 cm³/mol. The van der Waals surface area contributed by atoms with Gasteiger partial charge in [0.1, 0.15) is 0 Å². The van der Waals surface area contributed by atoms with Crippen LogP contribution < -0.4 is 0 Å². The molecule has 0 aliphatic carbocycles. The lowest BCUT2D eigenvalue weighted by molar-refractivity contribution is 1.65. The highest BCUT2D eigenvalue weighted by atomic mass is 35.5. The maximum Gasteiger partial charge on any atom is 0.0406 e. The quantitative estimate of drug-likeness (QED) is 0.286. The first-order chi connectivity index (χ1) is 13.8. The van der Waals surface area contributed by atoms with Crippen molar-refractivity contribution in [2.24, 2.45) is 0 Å². The lowest BCUT2D eigenvalue weighted by Crippen LogP contribution is -1.81. The molecule has 5 aromatic rings. The lowest BCUT2D eigenvalue weighted by atomic mass is 9.97. The van der Waals surface area contributed by atoms with Gasteiger partial charge < -0.3 is 0 Å². The number of benzene rings is 4. The molecule has 0 N–H and O–H groups in total. The molecule has 5 rings (SSSR count). The summed E-state index contributed by atoms with van der Waals surface area (Å²) in [6, 6.07) is 36.3. The van der Waals surface area contributed by atoms with Crippen LogP contribution in [0, 0.1) is 0 Å². The van der Waals surface area contributed by atoms with Crippen LogP contribution in [0.2, 0.25) is 5.02 Å². The van der Waals surface area contributed by atoms with Gasteiger partial charge in [-0.2, -0.15) is 0 Å². The van der Waals surface area contributed by atoms with Gasteiger partial charge in [-0.1, -0.05) is 90.5 Å². The first-order valence-corrected chi connectivity index (χ1v) is 10.4. The molecule has 1 heterocycles. The highest BCUT2D eigenvalue weighted by Crippen LogP contribution is 2.36. The molecule has 0 atom stereocenters. The Morgan fingerprint density at radius 2 is 1.07 bits per heavy atom. The predicted octanol–water partition coefficient (Wildman–Crippen LogP) is 8.56. The number of hydrogen-bond donors (Lipinski definition) is 0. The van der Waals surface area contributed by atoms with E-state index in [9.17, 15) is 0 Å². The van der Waals surface area contributed by atoms with E-state index in [-0.39, 0.29) is 0 Å². The van der Waals surface area contributed by atoms with Gasteiger partial charge in [-0.15, -0.1) is 11.3 Å². The highest BCUT2D eigenvalue weighted by molar-refractivity contribution is 7.18. The molecule has 0 spiro atoms. The van der Waals surface area contributed by atoms with E-state index in [1.165, 1.54) is 42.8 Å². The zero-order chi connectivity index (χ0) is 18.9. The lowest BCUT2D eigenvalue weighted by Gasteiger charge is -2.07. The number of fused-ring (bicyclic) bond motifs is 1. The van der Waals surface area contributed by atoms with E-state index >= 15 is 0 Å². The van der Waals surface area contributed by atoms with Gasteiger partial charge in [-0.25, -0.2) is 0 Å². The van der Waals surface area contributed by atoms with Crippen LogP contribution in [0.1, 0.15) is 0 Å². The van der Waals surface area contributed by atoms with Crippen molar-refractivity contribution in [1.82, 2.24) is 0 Å². The third kappa shape index (κ3) is 3.24. The third-order valence-electron chi connectivity index (χ3n) is 5.00. The second-order valence-electron chi connectivity index (χ2n) is 6.77. The molecule has 0 radical (unpaired) electrons. The Hall–Kier alpha value is -2.87. The van der Waals surface area contributed by atoms with Crippen LogP contribution in [0.25, 0.3) is 42.8 Å². The summed E-state index contributed by atoms with van der Waals surface area (Å²) in [4.78, 5) is 2.53. The van der Waals surface area contributed by atoms with Crippen LogP contribution in [0.5, 0.6) is 0 Å². The molecule has 0 saturated heterocycles. The molecule has 0 nitrogen and oxygen atoms in total. The molecule has 134 valence electrons. The van der Waals surface area contributed by atoms with E-state index in [1.807, 2.05) is 12.1 Å². The first kappa shape index (κ1) is 17.2. The van der Waals surface area contributed by atoms with E-state index in [4.69, 9.17) is 11.6 Å². The van der Waals surface area contributed by atoms with Crippen LogP contribution in [0.15, 0.2) is 103 Å². The van der Waals surface area contributed by atoms with Crippen molar-refractivity contribution in [2.75, 3.05) is 0 Å². The van der Waals surface area contributed by atoms with Crippen LogP contribution in [0.4, 0.5) is 0 Å². The molecular weight excluding hydrogens is 380 g/mol. The number of rotatable bonds is 3. The molecule has 0 aliphatic heterocycles. The first-order valence-electron chi connectivity index (χ1n) is 9.22. The molecule has 28 heavy (non-hydrogen) atoms. The zero-order valence-corrected chi connectivity index (χ0v) is 16.7. The molecule has 0 amide bonds. The summed E-state index contributed by atoms with van der Waals surface area (Å²) in [6.07, 6.45) is 0. The molecule has 0 bridgehead atoms. The van der Waals surface area contributed by atoms with Crippen LogP contribution in [-0.4, -0.2) is 0 Å². The zero-order valence-electron chi connectivity index (χ0n) is 15.1. The van der Waals surface area contributed by atoms with E-state index in [0.29, 0.717) is 0 Å². The molecule has 2 heteroatoms. The van der Waals surface area contributed by atoms with Crippen LogP contribution >= 0.6 is 22.9 Å². The fraction of sp³-hybridized carbons (Fsp3) is 0. The Kier molecular flexibility index (Phi) is 4.48. The maximum absolute atomic E-state index is 6.01. The van der Waals surface area contributed by atoms with Gasteiger partial charge in [0, 0.05) is 14.8 Å². The topological polar surface area (TPSA) is 0 Å². The summed E-state index contributed by atoms with van der Waals surface area (Å²) in [7, 11) is 0. The monoisotopic (exact) mass is 396 g/mol. The van der Waals surface area contributed by atoms with Crippen molar-refractivity contribution >= 4 is 33.7 Å². The van der Waals surface area contributed by atoms with E-state index < -0.39 is 0 Å². The summed E-state index contributed by atoms with van der Waals surface area (Å²) >= 11 is 7.81. The summed E-state index contributed by atoms with van der Waals surface area (Å²) in [5.41, 5.74) is 4.97. The number of halogens is 1. The molecular formula is C26H17ClS. The van der Waals surface area contributed by atoms with Crippen molar-refractivity contribution in [3.63, 3.8) is 0 Å². The van der Waals surface area contributed by atoms with Gasteiger partial charge in [0.05, 0.1) is 0 Å². The standard InChI is InChI=1S/C26H17ClS/c27-22-14-12-21(13-15-22)26-17-16-25(28-26)20-10-8-19(9-11-20)24-7-3-5-18-4-1-2-6-23(18)24/h1-17H. The van der Waals surface area contributed by atoms with Crippen molar-refractivity contribution in [1.29, 1.82) is 0 Å². The summed E-state index contributed by atoms with van der Waals surface area (Å²) in [6.45, 7) is 0. The molecule has 4 aromatic carbocycles. The van der Waals surface area contributed by atoms with Crippen LogP contribution in [0.3, 0.4) is 0 Å². The largest absolute Gasteiger partial charge is 0.135 e. The SMILES string of the molecule is Clc1ccc(-c2ccc(-c3ccc(-c4cccc5ccccc45)cc3)s2)cc1. The Bertz CT molecular complexity index is 1240. The smallest absolute Gasteiger partial charge is 0.0406 e. The second-order valence-corrected chi connectivity index (χ2v) is 8.30. The average Bonchev–Trinajstić information content (AvgIpc) is 3.24. The van der Waals surface area contributed by atoms with E-state index in [0.717, 1.165) is 5.02 Å². The molecule has 0 fully saturated rings. The minimum Gasteiger partial charge on any atom is -0.135 e. The van der Waals surface area contributed by atoms with E-state index in [2.05, 4.69) is 91.0 Å². The minimum atomic E-state index is 0.768. The average molecular weight is 397 g/mol. The Labute approximate surface area is 173 Å². The normalized spacial score (nSPS) is 11.0. The van der Waals surface area contributed by atoms with Gasteiger partial charge >= 0.3 is 0 Å². The fourth-order valence-electron chi connectivity index (χ4n) is 3.55. The van der Waals surface area contributed by atoms with Gasteiger partial charge in [-0.3, -0.25) is 0 Å². The van der Waals surface area contributed by atoms with Crippen molar-refractivity contribution in [3.05, 3.63) is 108 Å². The van der Waals surface area contributed by atoms with Gasteiger partial charge in [0.2, 0.25) is 0 Å². The van der Waals surface area contributed by atoms with Crippen LogP contribution in [-0.2, 0) is 0 Å². The fourth-order valence-corrected chi connectivity index (χ4v) is 4.70. The summed E-state index contributed by atoms with van der Waals surface area (Å²) in [5, 5.41) is 3.33. The molecule has 0 aliphatic rings. The van der Waals surface area contributed by atoms with Crippen molar-refractivity contribution in [2.45, 2.75) is 0 Å². The van der Waals surface area contributed by atoms with Gasteiger partial charge in [0.15, 0.2) is 0 Å². The van der Waals surface area contributed by atoms with Crippen molar-refractivity contribution in [3.8, 4) is 32.0 Å². The van der Waals surface area contributed by atoms with E-state index in [1.54, 1.807) is 11.3 Å². The highest BCUT2D eigenvalue weighted by Gasteiger charge is 2.07. The minimum absolute atomic E-state index is 0.768. The Morgan fingerprint density at radius 1 is 0.500 bits per heavy atom. The summed E-state index contributed by atoms with van der Waals surface area (Å²) < 4.78 is 0. The second kappa shape index (κ2) is 7.27. The molecule has 0 unspecified atom stereocenters. The third-order valence-corrected chi connectivity index (χ3v) is 6.44. The molecule has 0 saturated carbocycles. The van der Waals surface area contributed by atoms with Crippen molar-refractivity contribution < 1.29 is 0 Å². The maximum atomic E-state index is 6.01. The Morgan fingerprint density at radius 3 is 1.79 bits per heavy atom. The summed E-state index contributed by atoms with van der Waals surface area (Å²) in [5.74, 6) is 0. The number of hydrogen-bond acceptors (Lipinski definition) is 1.